The van der Waals surface area contributed by atoms with Gasteiger partial charge in [-0.1, -0.05) is 61.0 Å². The summed E-state index contributed by atoms with van der Waals surface area (Å²) in [6.07, 6.45) is 15.3. The highest BCUT2D eigenvalue weighted by atomic mass is 16.1. The molecule has 0 N–H and O–H groups in total. The van der Waals surface area contributed by atoms with Gasteiger partial charge in [-0.25, -0.2) is 39.1 Å². The molecule has 0 aromatic heterocycles. The van der Waals surface area contributed by atoms with E-state index < -0.39 is 0 Å². The molecule has 3 aliphatic rings. The molecule has 2 fully saturated rings. The van der Waals surface area contributed by atoms with Gasteiger partial charge in [0.25, 0.3) is 0 Å². The third-order valence-electron chi connectivity index (χ3n) is 8.18. The van der Waals surface area contributed by atoms with Crippen molar-refractivity contribution >= 4 is 30.1 Å². The Balaban J connectivity index is 0.000000324. The van der Waals surface area contributed by atoms with Crippen LogP contribution < -0.4 is 0 Å². The van der Waals surface area contributed by atoms with Gasteiger partial charge in [-0.05, 0) is 85.0 Å². The van der Waals surface area contributed by atoms with Crippen LogP contribution in [0.2, 0.25) is 0 Å². The predicted octanol–water partition coefficient (Wildman–Crippen LogP) is 6.81. The summed E-state index contributed by atoms with van der Waals surface area (Å²) in [5.74, 6) is 0.286. The van der Waals surface area contributed by atoms with Gasteiger partial charge >= 0.3 is 0 Å². The SMILES string of the molecule is CC1(C)CC(N=C=O)CC(C)(CN=C=O)C1.CC1(C)CC(N=C=O)CC(C)(CN=C=O)C1.CC1=CC(=O)CC(C)(C)C1. The zero-order valence-corrected chi connectivity index (χ0v) is 27.1. The molecule has 42 heavy (non-hydrogen) atoms. The summed E-state index contributed by atoms with van der Waals surface area (Å²) in [6.45, 7) is 20.0. The van der Waals surface area contributed by atoms with Crippen molar-refractivity contribution in [3.8, 4) is 0 Å². The standard InChI is InChI=1S/2C12H18N2O2.C9H14O/c2*1-11(2)4-10(14-9-16)5-12(3,6-11)7-13-8-15;1-7-4-8(10)6-9(2,3)5-7/h2*10H,4-7H2,1-3H3;4H,5-6H2,1-3H3. The number of aliphatic imine (C=N–C) groups is 4. The van der Waals surface area contributed by atoms with E-state index in [0.29, 0.717) is 19.5 Å². The first kappa shape index (κ1) is 37.0. The number of rotatable bonds is 6. The second-order valence-electron chi connectivity index (χ2n) is 15.7. The largest absolute Gasteiger partial charge is 0.295 e. The molecule has 0 spiro atoms. The molecule has 0 radical (unpaired) electrons. The molecule has 0 heterocycles. The van der Waals surface area contributed by atoms with Gasteiger partial charge in [0.15, 0.2) is 5.78 Å². The molecule has 3 rings (SSSR count). The Morgan fingerprint density at radius 3 is 1.36 bits per heavy atom. The molecule has 0 saturated heterocycles. The number of allylic oxidation sites excluding steroid dienone is 2. The molecule has 3 aliphatic carbocycles. The van der Waals surface area contributed by atoms with Crippen LogP contribution in [0.15, 0.2) is 31.6 Å². The van der Waals surface area contributed by atoms with Crippen molar-refractivity contribution < 1.29 is 24.0 Å². The summed E-state index contributed by atoms with van der Waals surface area (Å²) in [5, 5.41) is 0. The van der Waals surface area contributed by atoms with Gasteiger partial charge in [0.2, 0.25) is 24.3 Å². The van der Waals surface area contributed by atoms with E-state index in [2.05, 4.69) is 75.4 Å². The van der Waals surface area contributed by atoms with E-state index in [4.69, 9.17) is 0 Å². The smallest absolute Gasteiger partial charge is 0.235 e. The van der Waals surface area contributed by atoms with E-state index in [9.17, 15) is 24.0 Å². The molecular formula is C33H50N4O5. The summed E-state index contributed by atoms with van der Waals surface area (Å²) in [4.78, 5) is 67.1. The van der Waals surface area contributed by atoms with Crippen molar-refractivity contribution in [3.63, 3.8) is 0 Å². The van der Waals surface area contributed by atoms with Crippen LogP contribution in [0.3, 0.4) is 0 Å². The maximum absolute atomic E-state index is 11.0. The number of nitrogens with zero attached hydrogens (tertiary/aromatic N) is 4. The zero-order chi connectivity index (χ0) is 32.2. The average Bonchev–Trinajstić information content (AvgIpc) is 2.79. The summed E-state index contributed by atoms with van der Waals surface area (Å²) >= 11 is 0. The highest BCUT2D eigenvalue weighted by Gasteiger charge is 2.42. The maximum atomic E-state index is 11.0. The van der Waals surface area contributed by atoms with Crippen LogP contribution in [-0.4, -0.2) is 55.3 Å². The fraction of sp³-hybridized carbons (Fsp3) is 0.788. The summed E-state index contributed by atoms with van der Waals surface area (Å²) in [5.41, 5.74) is 1.54. The molecule has 232 valence electrons. The Kier molecular flexibility index (Phi) is 13.6. The topological polar surface area (TPSA) is 135 Å². The minimum atomic E-state index is -0.0653. The van der Waals surface area contributed by atoms with Gasteiger partial charge < -0.3 is 0 Å². The Morgan fingerprint density at radius 1 is 0.643 bits per heavy atom. The Bertz CT molecular complexity index is 1110. The molecule has 9 heteroatoms. The van der Waals surface area contributed by atoms with Gasteiger partial charge in [0, 0.05) is 6.42 Å². The quantitative estimate of drug-likeness (QED) is 0.250. The van der Waals surface area contributed by atoms with E-state index >= 15 is 0 Å². The molecule has 0 aromatic carbocycles. The van der Waals surface area contributed by atoms with Crippen LogP contribution in [0, 0.1) is 27.1 Å². The van der Waals surface area contributed by atoms with Crippen molar-refractivity contribution in [2.75, 3.05) is 13.1 Å². The van der Waals surface area contributed by atoms with E-state index in [-0.39, 0.29) is 44.9 Å². The maximum Gasteiger partial charge on any atom is 0.235 e. The van der Waals surface area contributed by atoms with Crippen molar-refractivity contribution in [2.45, 2.75) is 126 Å². The number of hydrogen-bond acceptors (Lipinski definition) is 9. The lowest BCUT2D eigenvalue weighted by atomic mass is 9.63. The molecular weight excluding hydrogens is 532 g/mol. The number of hydrogen-bond donors (Lipinski definition) is 0. The van der Waals surface area contributed by atoms with E-state index in [1.54, 1.807) is 30.4 Å². The molecule has 0 bridgehead atoms. The van der Waals surface area contributed by atoms with Crippen LogP contribution >= 0.6 is 0 Å². The first-order valence-electron chi connectivity index (χ1n) is 14.7. The van der Waals surface area contributed by atoms with Crippen LogP contribution in [0.1, 0.15) is 114 Å². The first-order valence-corrected chi connectivity index (χ1v) is 14.7. The molecule has 0 amide bonds. The monoisotopic (exact) mass is 582 g/mol. The second kappa shape index (κ2) is 15.4. The average molecular weight is 583 g/mol. The number of ketones is 1. The van der Waals surface area contributed by atoms with Crippen molar-refractivity contribution in [1.82, 2.24) is 0 Å². The fourth-order valence-corrected chi connectivity index (χ4v) is 7.84. The van der Waals surface area contributed by atoms with Crippen molar-refractivity contribution in [3.05, 3.63) is 11.6 Å². The minimum absolute atomic E-state index is 0.00750. The molecule has 2 saturated carbocycles. The molecule has 9 nitrogen and oxygen atoms in total. The van der Waals surface area contributed by atoms with Crippen LogP contribution in [0.5, 0.6) is 0 Å². The lowest BCUT2D eigenvalue weighted by Gasteiger charge is -2.44. The molecule has 4 unspecified atom stereocenters. The summed E-state index contributed by atoms with van der Waals surface area (Å²) in [6, 6.07) is 0.0150. The molecule has 4 atom stereocenters. The van der Waals surface area contributed by atoms with Crippen molar-refractivity contribution in [1.29, 1.82) is 0 Å². The van der Waals surface area contributed by atoms with E-state index in [1.807, 2.05) is 6.92 Å². The van der Waals surface area contributed by atoms with Gasteiger partial charge in [-0.15, -0.1) is 0 Å². The number of isocyanates is 4. The normalized spacial score (nSPS) is 30.4. The minimum Gasteiger partial charge on any atom is -0.295 e. The second-order valence-corrected chi connectivity index (χ2v) is 15.7. The Labute approximate surface area is 251 Å². The van der Waals surface area contributed by atoms with Gasteiger partial charge in [0.05, 0.1) is 25.2 Å². The molecule has 0 aromatic rings. The third-order valence-corrected chi connectivity index (χ3v) is 8.18. The lowest BCUT2D eigenvalue weighted by Crippen LogP contribution is -2.39. The summed E-state index contributed by atoms with van der Waals surface area (Å²) < 4.78 is 0. The zero-order valence-electron chi connectivity index (χ0n) is 27.1. The van der Waals surface area contributed by atoms with Gasteiger partial charge in [-0.3, -0.25) is 4.79 Å². The number of carbonyl (C=O) groups is 1. The highest BCUT2D eigenvalue weighted by Crippen LogP contribution is 2.48. The Morgan fingerprint density at radius 2 is 1.05 bits per heavy atom. The van der Waals surface area contributed by atoms with Crippen LogP contribution in [0.25, 0.3) is 0 Å². The van der Waals surface area contributed by atoms with E-state index in [1.165, 1.54) is 5.57 Å². The lowest BCUT2D eigenvalue weighted by molar-refractivity contribution is -0.117. The van der Waals surface area contributed by atoms with E-state index in [0.717, 1.165) is 44.9 Å². The fourth-order valence-electron chi connectivity index (χ4n) is 7.84. The van der Waals surface area contributed by atoms with Gasteiger partial charge in [0.1, 0.15) is 0 Å². The van der Waals surface area contributed by atoms with Crippen LogP contribution in [-0.2, 0) is 24.0 Å². The van der Waals surface area contributed by atoms with Gasteiger partial charge in [-0.2, -0.15) is 0 Å². The number of carbonyl (C=O) groups excluding carboxylic acids is 5. The summed E-state index contributed by atoms with van der Waals surface area (Å²) in [7, 11) is 0. The Hall–Kier alpha value is -3.07. The first-order chi connectivity index (χ1) is 19.3. The molecule has 0 aliphatic heterocycles. The van der Waals surface area contributed by atoms with Crippen LogP contribution in [0.4, 0.5) is 0 Å². The predicted molar refractivity (Wildman–Crippen MR) is 163 cm³/mol. The highest BCUT2D eigenvalue weighted by molar-refractivity contribution is 5.91. The third kappa shape index (κ3) is 13.7. The van der Waals surface area contributed by atoms with Crippen molar-refractivity contribution in [2.24, 2.45) is 47.0 Å².